The van der Waals surface area contributed by atoms with Gasteiger partial charge in [0.05, 0.1) is 11.7 Å². The summed E-state index contributed by atoms with van der Waals surface area (Å²) >= 11 is 0. The molecule has 148 valence electrons. The Labute approximate surface area is 178 Å². The quantitative estimate of drug-likeness (QED) is 0.358. The first-order chi connectivity index (χ1) is 14.6. The normalized spacial score (nSPS) is 12.6. The summed E-state index contributed by atoms with van der Waals surface area (Å²) in [5, 5.41) is 5.69. The van der Waals surface area contributed by atoms with Crippen LogP contribution in [0.5, 0.6) is 0 Å². The van der Waals surface area contributed by atoms with E-state index in [2.05, 4.69) is 54.8 Å². The summed E-state index contributed by atoms with van der Waals surface area (Å²) in [5.41, 5.74) is 8.27. The van der Waals surface area contributed by atoms with E-state index in [0.717, 1.165) is 57.2 Å². The van der Waals surface area contributed by atoms with Gasteiger partial charge >= 0.3 is 0 Å². The minimum absolute atomic E-state index is 0.829. The van der Waals surface area contributed by atoms with E-state index < -0.39 is 0 Å². The summed E-state index contributed by atoms with van der Waals surface area (Å²) in [6, 6.07) is 10.3. The van der Waals surface area contributed by atoms with Gasteiger partial charge in [-0.25, -0.2) is 9.50 Å². The van der Waals surface area contributed by atoms with Crippen molar-refractivity contribution in [3.63, 3.8) is 0 Å². The maximum atomic E-state index is 4.76. The fourth-order valence-electron chi connectivity index (χ4n) is 3.74. The number of aromatic nitrogens is 4. The Morgan fingerprint density at radius 1 is 1.17 bits per heavy atom. The van der Waals surface area contributed by atoms with E-state index >= 15 is 0 Å². The van der Waals surface area contributed by atoms with Crippen LogP contribution in [0.25, 0.3) is 33.3 Å². The molecule has 4 rings (SSSR count). The van der Waals surface area contributed by atoms with Crippen molar-refractivity contribution in [3.8, 4) is 11.1 Å². The first-order valence-corrected chi connectivity index (χ1v) is 10.3. The molecule has 4 nitrogen and oxygen atoms in total. The molecule has 0 spiro atoms. The van der Waals surface area contributed by atoms with Crippen LogP contribution in [0.2, 0.25) is 0 Å². The van der Waals surface area contributed by atoms with Crippen molar-refractivity contribution in [2.24, 2.45) is 0 Å². The lowest BCUT2D eigenvalue weighted by molar-refractivity contribution is 0.906. The van der Waals surface area contributed by atoms with Crippen molar-refractivity contribution < 1.29 is 0 Å². The summed E-state index contributed by atoms with van der Waals surface area (Å²) in [6.07, 6.45) is 14.2. The first-order valence-electron chi connectivity index (χ1n) is 10.3. The van der Waals surface area contributed by atoms with E-state index in [1.165, 1.54) is 5.57 Å². The predicted molar refractivity (Wildman–Crippen MR) is 129 cm³/mol. The summed E-state index contributed by atoms with van der Waals surface area (Å²) in [4.78, 5) is 9.41. The smallest absolute Gasteiger partial charge is 0.163 e. The maximum Gasteiger partial charge on any atom is 0.163 e. The van der Waals surface area contributed by atoms with Gasteiger partial charge in [-0.1, -0.05) is 61.9 Å². The van der Waals surface area contributed by atoms with Crippen molar-refractivity contribution in [1.29, 1.82) is 0 Å². The molecule has 0 N–H and O–H groups in total. The zero-order valence-electron chi connectivity index (χ0n) is 17.8. The first kappa shape index (κ1) is 19.8. The molecule has 0 saturated carbocycles. The molecule has 4 aromatic rings. The molecule has 0 unspecified atom stereocenters. The lowest BCUT2D eigenvalue weighted by Gasteiger charge is -2.07. The van der Waals surface area contributed by atoms with Crippen molar-refractivity contribution in [2.45, 2.75) is 26.7 Å². The second-order valence-electron chi connectivity index (χ2n) is 7.59. The fourth-order valence-corrected chi connectivity index (χ4v) is 3.74. The molecule has 3 aromatic heterocycles. The molecule has 0 atom stereocenters. The van der Waals surface area contributed by atoms with Crippen molar-refractivity contribution in [1.82, 2.24) is 19.6 Å². The Hall–Kier alpha value is -3.47. The Kier molecular flexibility index (Phi) is 5.62. The number of rotatable bonds is 6. The summed E-state index contributed by atoms with van der Waals surface area (Å²) in [6.45, 7) is 8.32. The molecule has 0 bridgehead atoms. The number of hydrogen-bond donors (Lipinski definition) is 0. The molecule has 0 fully saturated rings. The highest BCUT2D eigenvalue weighted by Gasteiger charge is 2.13. The van der Waals surface area contributed by atoms with Crippen molar-refractivity contribution in [3.05, 3.63) is 84.9 Å². The highest BCUT2D eigenvalue weighted by molar-refractivity contribution is 6.32. The van der Waals surface area contributed by atoms with Gasteiger partial charge in [0.1, 0.15) is 0 Å². The molecule has 0 radical (unpaired) electrons. The minimum atomic E-state index is 0.829. The Bertz CT molecular complexity index is 1300. The van der Waals surface area contributed by atoms with Gasteiger partial charge in [-0.3, -0.25) is 4.98 Å². The SMILES string of the molecule is Bc1cc(-c2cnn3cc(/C(C=C)=C/C=C(/C)CCC)cnc23)c2ccccc2n1. The van der Waals surface area contributed by atoms with Gasteiger partial charge in [0.25, 0.3) is 0 Å². The number of fused-ring (bicyclic) bond motifs is 2. The van der Waals surface area contributed by atoms with Crippen LogP contribution in [0, 0.1) is 0 Å². The highest BCUT2D eigenvalue weighted by atomic mass is 15.2. The number of benzene rings is 1. The summed E-state index contributed by atoms with van der Waals surface area (Å²) in [7, 11) is 2.02. The zero-order chi connectivity index (χ0) is 21.1. The van der Waals surface area contributed by atoms with E-state index in [9.17, 15) is 0 Å². The topological polar surface area (TPSA) is 43.1 Å². The van der Waals surface area contributed by atoms with Gasteiger partial charge in [0, 0.05) is 28.9 Å². The van der Waals surface area contributed by atoms with E-state index in [4.69, 9.17) is 4.98 Å². The number of nitrogens with zero attached hydrogens (tertiary/aromatic N) is 4. The van der Waals surface area contributed by atoms with Crippen molar-refractivity contribution in [2.75, 3.05) is 0 Å². The van der Waals surface area contributed by atoms with Crippen LogP contribution < -0.4 is 5.59 Å². The van der Waals surface area contributed by atoms with Crippen LogP contribution in [0.4, 0.5) is 0 Å². The van der Waals surface area contributed by atoms with Crippen LogP contribution in [0.1, 0.15) is 32.3 Å². The lowest BCUT2D eigenvalue weighted by atomic mass is 9.95. The Balaban J connectivity index is 1.80. The van der Waals surface area contributed by atoms with Crippen molar-refractivity contribution >= 4 is 35.6 Å². The molecule has 0 saturated heterocycles. The number of hydrogen-bond acceptors (Lipinski definition) is 3. The number of pyridine rings is 1. The average molecular weight is 392 g/mol. The Morgan fingerprint density at radius 3 is 2.80 bits per heavy atom. The third kappa shape index (κ3) is 3.83. The zero-order valence-corrected chi connectivity index (χ0v) is 17.8. The third-order valence-electron chi connectivity index (χ3n) is 5.24. The van der Waals surface area contributed by atoms with Gasteiger partial charge in [-0.05, 0) is 42.2 Å². The molecule has 0 aliphatic rings. The van der Waals surface area contributed by atoms with E-state index in [0.29, 0.717) is 0 Å². The van der Waals surface area contributed by atoms with Crippen LogP contribution in [-0.4, -0.2) is 27.4 Å². The third-order valence-corrected chi connectivity index (χ3v) is 5.24. The summed E-state index contributed by atoms with van der Waals surface area (Å²) in [5.74, 6) is 0. The van der Waals surface area contributed by atoms with Crippen LogP contribution >= 0.6 is 0 Å². The van der Waals surface area contributed by atoms with E-state index in [1.807, 2.05) is 55.2 Å². The number of allylic oxidation sites excluding steroid dienone is 5. The van der Waals surface area contributed by atoms with Gasteiger partial charge < -0.3 is 0 Å². The molecule has 0 aliphatic carbocycles. The minimum Gasteiger partial charge on any atom is -0.264 e. The van der Waals surface area contributed by atoms with Crippen LogP contribution in [0.15, 0.2) is 79.3 Å². The molecule has 5 heteroatoms. The molecule has 0 aliphatic heterocycles. The summed E-state index contributed by atoms with van der Waals surface area (Å²) < 4.78 is 1.84. The molecule has 0 amide bonds. The van der Waals surface area contributed by atoms with Gasteiger partial charge in [-0.15, -0.1) is 0 Å². The Morgan fingerprint density at radius 2 is 2.00 bits per heavy atom. The molecule has 3 heterocycles. The lowest BCUT2D eigenvalue weighted by Crippen LogP contribution is -2.08. The molecular weight excluding hydrogens is 367 g/mol. The van der Waals surface area contributed by atoms with Gasteiger partial charge in [0.2, 0.25) is 0 Å². The molecule has 1 aromatic carbocycles. The maximum absolute atomic E-state index is 4.76. The molecule has 30 heavy (non-hydrogen) atoms. The van der Waals surface area contributed by atoms with Crippen LogP contribution in [-0.2, 0) is 0 Å². The van der Waals surface area contributed by atoms with Gasteiger partial charge in [-0.2, -0.15) is 5.10 Å². The second kappa shape index (κ2) is 8.50. The standard InChI is InChI=1S/C25H25BN4/c1-4-8-17(3)11-12-18(5-2)19-14-27-25-22(15-28-30(25)16-19)21-13-24(26)29-23-10-7-6-9-20(21)23/h5-7,9-16H,2,4,8,26H2,1,3H3/b17-11-,18-12+. The fraction of sp³-hybridized carbons (Fsp3) is 0.160. The highest BCUT2D eigenvalue weighted by Crippen LogP contribution is 2.29. The van der Waals surface area contributed by atoms with E-state index in [1.54, 1.807) is 0 Å². The number of para-hydroxylation sites is 1. The predicted octanol–water partition coefficient (Wildman–Crippen LogP) is 4.52. The monoisotopic (exact) mass is 392 g/mol. The van der Waals surface area contributed by atoms with E-state index in [-0.39, 0.29) is 0 Å². The second-order valence-corrected chi connectivity index (χ2v) is 7.59. The average Bonchev–Trinajstić information content (AvgIpc) is 3.17. The van der Waals surface area contributed by atoms with Gasteiger partial charge in [0.15, 0.2) is 13.5 Å². The molecular formula is C25H25BN4. The van der Waals surface area contributed by atoms with Crippen LogP contribution in [0.3, 0.4) is 0 Å². The largest absolute Gasteiger partial charge is 0.264 e.